The average Bonchev–Trinajstić information content (AvgIpc) is 3.10. The van der Waals surface area contributed by atoms with E-state index >= 15 is 0 Å². The van der Waals surface area contributed by atoms with Crippen LogP contribution in [0.3, 0.4) is 0 Å². The lowest BCUT2D eigenvalue weighted by Crippen LogP contribution is -2.14. The molecule has 3 aromatic rings. The lowest BCUT2D eigenvalue weighted by Gasteiger charge is -2.06. The second-order valence-corrected chi connectivity index (χ2v) is 6.15. The van der Waals surface area contributed by atoms with Crippen LogP contribution >= 0.6 is 11.8 Å². The number of hydrogen-bond donors (Lipinski definition) is 1. The van der Waals surface area contributed by atoms with Gasteiger partial charge in [0.1, 0.15) is 5.82 Å². The van der Waals surface area contributed by atoms with Crippen LogP contribution in [0.4, 0.5) is 10.1 Å². The van der Waals surface area contributed by atoms with Gasteiger partial charge >= 0.3 is 0 Å². The maximum Gasteiger partial charge on any atom is 0.234 e. The van der Waals surface area contributed by atoms with E-state index in [2.05, 4.69) is 10.4 Å². The van der Waals surface area contributed by atoms with Gasteiger partial charge in [0.15, 0.2) is 0 Å². The number of amides is 1. The van der Waals surface area contributed by atoms with Crippen molar-refractivity contribution in [3.05, 3.63) is 78.4 Å². The van der Waals surface area contributed by atoms with Gasteiger partial charge in [-0.25, -0.2) is 9.07 Å². The smallest absolute Gasteiger partial charge is 0.234 e. The Balaban J connectivity index is 1.47. The second kappa shape index (κ2) is 7.79. The molecule has 0 bridgehead atoms. The first kappa shape index (κ1) is 16.3. The van der Waals surface area contributed by atoms with Crippen molar-refractivity contribution >= 4 is 23.4 Å². The van der Waals surface area contributed by atoms with Gasteiger partial charge in [-0.2, -0.15) is 5.10 Å². The van der Waals surface area contributed by atoms with Gasteiger partial charge in [0.05, 0.1) is 11.4 Å². The fourth-order valence-electron chi connectivity index (χ4n) is 2.19. The molecular weight excluding hydrogens is 325 g/mol. The van der Waals surface area contributed by atoms with Crippen LogP contribution in [0, 0.1) is 5.82 Å². The Hall–Kier alpha value is -2.60. The second-order valence-electron chi connectivity index (χ2n) is 5.17. The van der Waals surface area contributed by atoms with Crippen molar-refractivity contribution in [1.82, 2.24) is 9.78 Å². The van der Waals surface area contributed by atoms with Crippen molar-refractivity contribution in [3.8, 4) is 5.69 Å². The van der Waals surface area contributed by atoms with Crippen molar-refractivity contribution in [2.45, 2.75) is 5.75 Å². The van der Waals surface area contributed by atoms with Crippen molar-refractivity contribution in [3.63, 3.8) is 0 Å². The summed E-state index contributed by atoms with van der Waals surface area (Å²) >= 11 is 1.51. The fraction of sp³-hybridized carbons (Fsp3) is 0.111. The third-order valence-corrected chi connectivity index (χ3v) is 4.32. The average molecular weight is 341 g/mol. The number of anilines is 1. The zero-order valence-electron chi connectivity index (χ0n) is 12.9. The molecule has 0 saturated heterocycles. The van der Waals surface area contributed by atoms with E-state index in [-0.39, 0.29) is 11.7 Å². The summed E-state index contributed by atoms with van der Waals surface area (Å²) in [5, 5.41) is 6.86. The number of aromatic nitrogens is 2. The molecule has 1 heterocycles. The van der Waals surface area contributed by atoms with E-state index in [1.54, 1.807) is 23.0 Å². The maximum atomic E-state index is 13.1. The van der Waals surface area contributed by atoms with Crippen molar-refractivity contribution in [2.75, 3.05) is 11.1 Å². The molecule has 0 radical (unpaired) electrons. The molecule has 0 aliphatic heterocycles. The minimum atomic E-state index is -0.363. The predicted molar refractivity (Wildman–Crippen MR) is 94.8 cm³/mol. The molecular formula is C18H16FN3OS. The van der Waals surface area contributed by atoms with Gasteiger partial charge in [-0.3, -0.25) is 4.79 Å². The Morgan fingerprint density at radius 3 is 2.71 bits per heavy atom. The summed E-state index contributed by atoms with van der Waals surface area (Å²) in [4.78, 5) is 11.9. The summed E-state index contributed by atoms with van der Waals surface area (Å²) in [6.45, 7) is 0. The van der Waals surface area contributed by atoms with E-state index in [0.717, 1.165) is 17.0 Å². The molecule has 1 aromatic heterocycles. The minimum Gasteiger partial charge on any atom is -0.325 e. The molecule has 0 aliphatic carbocycles. The summed E-state index contributed by atoms with van der Waals surface area (Å²) in [6, 6.07) is 15.8. The van der Waals surface area contributed by atoms with Gasteiger partial charge in [-0.15, -0.1) is 11.8 Å². The number of carbonyl (C=O) groups excluding carboxylic acids is 1. The Morgan fingerprint density at radius 1 is 1.17 bits per heavy atom. The molecule has 0 saturated carbocycles. The number of nitrogens with one attached hydrogen (secondary N) is 1. The molecule has 24 heavy (non-hydrogen) atoms. The molecule has 1 amide bonds. The maximum absolute atomic E-state index is 13.1. The van der Waals surface area contributed by atoms with E-state index < -0.39 is 0 Å². The number of thioether (sulfide) groups is 1. The van der Waals surface area contributed by atoms with Crippen molar-refractivity contribution in [1.29, 1.82) is 0 Å². The van der Waals surface area contributed by atoms with E-state index in [4.69, 9.17) is 0 Å². The molecule has 0 atom stereocenters. The molecule has 6 heteroatoms. The SMILES string of the molecule is O=C(CSCc1ccc(-n2cccn2)cc1)Nc1cccc(F)c1. The topological polar surface area (TPSA) is 46.9 Å². The van der Waals surface area contributed by atoms with E-state index in [0.29, 0.717) is 11.4 Å². The molecule has 0 unspecified atom stereocenters. The number of rotatable bonds is 6. The zero-order valence-corrected chi connectivity index (χ0v) is 13.7. The van der Waals surface area contributed by atoms with Crippen LogP contribution in [0.1, 0.15) is 5.56 Å². The number of halogens is 1. The normalized spacial score (nSPS) is 10.5. The summed E-state index contributed by atoms with van der Waals surface area (Å²) in [5.74, 6) is 0.546. The van der Waals surface area contributed by atoms with Crippen LogP contribution in [0.25, 0.3) is 5.69 Å². The zero-order chi connectivity index (χ0) is 16.8. The quantitative estimate of drug-likeness (QED) is 0.740. The Labute approximate surface area is 143 Å². The largest absolute Gasteiger partial charge is 0.325 e. The minimum absolute atomic E-state index is 0.140. The van der Waals surface area contributed by atoms with Gasteiger partial charge in [-0.1, -0.05) is 18.2 Å². The Kier molecular flexibility index (Phi) is 5.28. The highest BCUT2D eigenvalue weighted by Gasteiger charge is 2.04. The number of carbonyl (C=O) groups is 1. The lowest BCUT2D eigenvalue weighted by atomic mass is 10.2. The third-order valence-electron chi connectivity index (χ3n) is 3.32. The van der Waals surface area contributed by atoms with E-state index in [9.17, 15) is 9.18 Å². The molecule has 2 aromatic carbocycles. The molecule has 0 aliphatic rings. The molecule has 3 rings (SSSR count). The van der Waals surface area contributed by atoms with Gasteiger partial charge in [0.2, 0.25) is 5.91 Å². The summed E-state index contributed by atoms with van der Waals surface area (Å²) in [6.07, 6.45) is 3.63. The van der Waals surface area contributed by atoms with Crippen molar-refractivity contribution in [2.24, 2.45) is 0 Å². The van der Waals surface area contributed by atoms with Gasteiger partial charge in [-0.05, 0) is 42.0 Å². The molecule has 0 spiro atoms. The van der Waals surface area contributed by atoms with Gasteiger partial charge < -0.3 is 5.32 Å². The van der Waals surface area contributed by atoms with E-state index in [1.807, 2.05) is 36.5 Å². The monoisotopic (exact) mass is 341 g/mol. The van der Waals surface area contributed by atoms with Crippen LogP contribution < -0.4 is 5.32 Å². The predicted octanol–water partition coefficient (Wildman–Crippen LogP) is 3.88. The first-order valence-corrected chi connectivity index (χ1v) is 8.58. The number of benzene rings is 2. The molecule has 1 N–H and O–H groups in total. The summed E-state index contributed by atoms with van der Waals surface area (Å²) < 4.78 is 14.9. The summed E-state index contributed by atoms with van der Waals surface area (Å²) in [5.41, 5.74) is 2.61. The van der Waals surface area contributed by atoms with E-state index in [1.165, 1.54) is 23.9 Å². The van der Waals surface area contributed by atoms with Crippen LogP contribution in [0.2, 0.25) is 0 Å². The van der Waals surface area contributed by atoms with Crippen LogP contribution in [0.15, 0.2) is 67.0 Å². The first-order valence-electron chi connectivity index (χ1n) is 7.43. The lowest BCUT2D eigenvalue weighted by molar-refractivity contribution is -0.113. The third kappa shape index (κ3) is 4.45. The Morgan fingerprint density at radius 2 is 2.00 bits per heavy atom. The number of nitrogens with zero attached hydrogens (tertiary/aromatic N) is 2. The molecule has 4 nitrogen and oxygen atoms in total. The molecule has 122 valence electrons. The summed E-state index contributed by atoms with van der Waals surface area (Å²) in [7, 11) is 0. The highest BCUT2D eigenvalue weighted by Crippen LogP contribution is 2.16. The Bertz CT molecular complexity index is 803. The van der Waals surface area contributed by atoms with Crippen LogP contribution in [0.5, 0.6) is 0 Å². The molecule has 0 fully saturated rings. The van der Waals surface area contributed by atoms with Gasteiger partial charge in [0, 0.05) is 23.8 Å². The fourth-order valence-corrected chi connectivity index (χ4v) is 2.98. The van der Waals surface area contributed by atoms with Crippen LogP contribution in [-0.2, 0) is 10.5 Å². The highest BCUT2D eigenvalue weighted by atomic mass is 32.2. The highest BCUT2D eigenvalue weighted by molar-refractivity contribution is 7.99. The standard InChI is InChI=1S/C18H16FN3OS/c19-15-3-1-4-16(11-15)21-18(23)13-24-12-14-5-7-17(8-6-14)22-10-2-9-20-22/h1-11H,12-13H2,(H,21,23). The first-order chi connectivity index (χ1) is 11.7. The number of hydrogen-bond acceptors (Lipinski definition) is 3. The van der Waals surface area contributed by atoms with Crippen molar-refractivity contribution < 1.29 is 9.18 Å². The van der Waals surface area contributed by atoms with Crippen LogP contribution in [-0.4, -0.2) is 21.4 Å². The van der Waals surface area contributed by atoms with Gasteiger partial charge in [0.25, 0.3) is 0 Å².